The molecule has 3 aromatic rings. The minimum Gasteiger partial charge on any atom is -0.447 e. The third-order valence-corrected chi connectivity index (χ3v) is 6.72. The Labute approximate surface area is 191 Å². The quantitative estimate of drug-likeness (QED) is 0.599. The number of likely N-dealkylation sites (tertiary alicyclic amines) is 1. The van der Waals surface area contributed by atoms with Crippen LogP contribution in [0.3, 0.4) is 0 Å². The number of nitrogens with one attached hydrogen (secondary N) is 1. The molecule has 0 radical (unpaired) electrons. The van der Waals surface area contributed by atoms with Crippen LogP contribution in [0.5, 0.6) is 0 Å². The Hall–Kier alpha value is -3.21. The molecule has 1 N–H and O–H groups in total. The van der Waals surface area contributed by atoms with Gasteiger partial charge in [0.05, 0.1) is 16.7 Å². The highest BCUT2D eigenvalue weighted by atomic mass is 32.2. The molecule has 1 fully saturated rings. The van der Waals surface area contributed by atoms with Crippen molar-refractivity contribution < 1.29 is 22.3 Å². The van der Waals surface area contributed by atoms with Crippen LogP contribution in [0.4, 0.5) is 20.7 Å². The number of sulfone groups is 1. The molecule has 3 heterocycles. The van der Waals surface area contributed by atoms with E-state index in [9.17, 15) is 17.6 Å². The van der Waals surface area contributed by atoms with E-state index < -0.39 is 15.7 Å². The lowest BCUT2D eigenvalue weighted by molar-refractivity contribution is 0.0690. The third-order valence-electron chi connectivity index (χ3n) is 5.61. The first-order chi connectivity index (χ1) is 15.6. The molecule has 1 aromatic carbocycles. The van der Waals surface area contributed by atoms with Gasteiger partial charge >= 0.3 is 6.09 Å². The van der Waals surface area contributed by atoms with Crippen molar-refractivity contribution in [2.75, 3.05) is 24.7 Å². The summed E-state index contributed by atoms with van der Waals surface area (Å²) in [5, 5.41) is 7.31. The number of halogens is 1. The number of rotatable bonds is 5. The van der Waals surface area contributed by atoms with Gasteiger partial charge in [-0.25, -0.2) is 27.1 Å². The highest BCUT2D eigenvalue weighted by Gasteiger charge is 2.27. The van der Waals surface area contributed by atoms with Gasteiger partial charge < -0.3 is 15.0 Å². The summed E-state index contributed by atoms with van der Waals surface area (Å²) in [5.74, 6) is -0.0912. The molecule has 176 valence electrons. The lowest BCUT2D eigenvalue weighted by Gasteiger charge is -2.31. The number of nitrogens with zero attached hydrogens (tertiary/aromatic N) is 4. The molecule has 1 saturated heterocycles. The SMILES string of the molecule is CC(C)OC(=O)N1CCC(c2ccc3c(Nc4ccc(S(C)(=O)=O)cc4F)ncnn23)CC1. The van der Waals surface area contributed by atoms with E-state index >= 15 is 0 Å². The number of anilines is 2. The maximum absolute atomic E-state index is 14.5. The van der Waals surface area contributed by atoms with Crippen molar-refractivity contribution in [3.8, 4) is 0 Å². The van der Waals surface area contributed by atoms with Crippen LogP contribution in [-0.4, -0.2) is 59.5 Å². The van der Waals surface area contributed by atoms with Crippen LogP contribution in [0.25, 0.3) is 5.52 Å². The zero-order chi connectivity index (χ0) is 23.8. The molecule has 0 bridgehead atoms. The van der Waals surface area contributed by atoms with Crippen molar-refractivity contribution in [1.82, 2.24) is 19.5 Å². The highest BCUT2D eigenvalue weighted by Crippen LogP contribution is 2.31. The van der Waals surface area contributed by atoms with Crippen LogP contribution in [-0.2, 0) is 14.6 Å². The normalized spacial score (nSPS) is 15.2. The number of amides is 1. The lowest BCUT2D eigenvalue weighted by Crippen LogP contribution is -2.39. The Kier molecular flexibility index (Phi) is 6.24. The van der Waals surface area contributed by atoms with E-state index in [-0.39, 0.29) is 28.7 Å². The zero-order valence-electron chi connectivity index (χ0n) is 18.7. The van der Waals surface area contributed by atoms with Gasteiger partial charge in [-0.15, -0.1) is 0 Å². The number of fused-ring (bicyclic) bond motifs is 1. The molecule has 0 aliphatic carbocycles. The lowest BCUT2D eigenvalue weighted by atomic mass is 9.94. The maximum Gasteiger partial charge on any atom is 0.410 e. The molecule has 11 heteroatoms. The zero-order valence-corrected chi connectivity index (χ0v) is 19.5. The van der Waals surface area contributed by atoms with E-state index in [4.69, 9.17) is 4.74 Å². The fraction of sp³-hybridized carbons (Fsp3) is 0.409. The summed E-state index contributed by atoms with van der Waals surface area (Å²) in [5.41, 5.74) is 1.77. The summed E-state index contributed by atoms with van der Waals surface area (Å²) in [7, 11) is -3.50. The van der Waals surface area contributed by atoms with Gasteiger partial charge in [-0.2, -0.15) is 5.10 Å². The van der Waals surface area contributed by atoms with Gasteiger partial charge in [-0.1, -0.05) is 0 Å². The second-order valence-corrected chi connectivity index (χ2v) is 10.4. The van der Waals surface area contributed by atoms with E-state index in [1.165, 1.54) is 18.5 Å². The predicted molar refractivity (Wildman–Crippen MR) is 121 cm³/mol. The standard InChI is InChI=1S/C22H26FN5O4S/c1-14(2)32-22(29)27-10-8-15(9-11-27)19-6-7-20-21(24-13-25-28(19)20)26-18-5-4-16(12-17(18)23)33(3,30)31/h4-7,12-15H,8-11H2,1-3H3,(H,24,25,26). The molecule has 4 rings (SSSR count). The van der Waals surface area contributed by atoms with Crippen molar-refractivity contribution in [2.24, 2.45) is 0 Å². The maximum atomic E-state index is 14.5. The number of hydrogen-bond donors (Lipinski definition) is 1. The molecule has 33 heavy (non-hydrogen) atoms. The number of benzene rings is 1. The number of carbonyl (C=O) groups is 1. The summed E-state index contributed by atoms with van der Waals surface area (Å²) < 4.78 is 44.9. The van der Waals surface area contributed by atoms with E-state index in [0.29, 0.717) is 24.4 Å². The fourth-order valence-electron chi connectivity index (χ4n) is 3.95. The van der Waals surface area contributed by atoms with Gasteiger partial charge in [0.25, 0.3) is 0 Å². The Bertz CT molecular complexity index is 1280. The molecular formula is C22H26FN5O4S. The van der Waals surface area contributed by atoms with E-state index in [2.05, 4.69) is 15.4 Å². The van der Waals surface area contributed by atoms with E-state index in [1.807, 2.05) is 26.0 Å². The van der Waals surface area contributed by atoms with Crippen molar-refractivity contribution in [3.05, 3.63) is 48.2 Å². The van der Waals surface area contributed by atoms with Crippen LogP contribution in [0.15, 0.2) is 41.6 Å². The molecule has 0 saturated carbocycles. The minimum atomic E-state index is -3.50. The monoisotopic (exact) mass is 475 g/mol. The molecule has 2 aromatic heterocycles. The molecule has 9 nitrogen and oxygen atoms in total. The van der Waals surface area contributed by atoms with Gasteiger partial charge in [0.1, 0.15) is 17.7 Å². The topological polar surface area (TPSA) is 106 Å². The molecule has 0 atom stereocenters. The highest BCUT2D eigenvalue weighted by molar-refractivity contribution is 7.90. The average molecular weight is 476 g/mol. The largest absolute Gasteiger partial charge is 0.447 e. The Morgan fingerprint density at radius 2 is 1.94 bits per heavy atom. The van der Waals surface area contributed by atoms with Gasteiger partial charge in [0.2, 0.25) is 0 Å². The molecule has 1 aliphatic rings. The summed E-state index contributed by atoms with van der Waals surface area (Å²) in [6.45, 7) is 4.85. The molecule has 1 amide bonds. The van der Waals surface area contributed by atoms with Gasteiger partial charge in [0.15, 0.2) is 15.7 Å². The minimum absolute atomic E-state index is 0.0908. The van der Waals surface area contributed by atoms with Crippen LogP contribution in [0, 0.1) is 5.82 Å². The number of carbonyl (C=O) groups excluding carboxylic acids is 1. The summed E-state index contributed by atoms with van der Waals surface area (Å²) in [6.07, 6.45) is 3.52. The van der Waals surface area contributed by atoms with Crippen molar-refractivity contribution in [1.29, 1.82) is 0 Å². The van der Waals surface area contributed by atoms with E-state index in [0.717, 1.165) is 30.9 Å². The first-order valence-electron chi connectivity index (χ1n) is 10.7. The third kappa shape index (κ3) is 4.92. The number of hydrogen-bond acceptors (Lipinski definition) is 7. The van der Waals surface area contributed by atoms with Crippen molar-refractivity contribution >= 4 is 33.0 Å². The first kappa shape index (κ1) is 23.0. The van der Waals surface area contributed by atoms with Crippen LogP contribution < -0.4 is 5.32 Å². The second-order valence-electron chi connectivity index (χ2n) is 8.40. The summed E-state index contributed by atoms with van der Waals surface area (Å²) >= 11 is 0. The van der Waals surface area contributed by atoms with Crippen LogP contribution >= 0.6 is 0 Å². The van der Waals surface area contributed by atoms with Crippen molar-refractivity contribution in [3.63, 3.8) is 0 Å². The Balaban J connectivity index is 1.53. The number of ether oxygens (including phenoxy) is 1. The van der Waals surface area contributed by atoms with Gasteiger partial charge in [-0.05, 0) is 57.0 Å². The van der Waals surface area contributed by atoms with Crippen LogP contribution in [0.2, 0.25) is 0 Å². The number of aromatic nitrogens is 3. The van der Waals surface area contributed by atoms with Gasteiger partial charge in [-0.3, -0.25) is 0 Å². The molecule has 0 spiro atoms. The van der Waals surface area contributed by atoms with Gasteiger partial charge in [0, 0.05) is 31.0 Å². The average Bonchev–Trinajstić information content (AvgIpc) is 3.19. The second kappa shape index (κ2) is 8.97. The summed E-state index contributed by atoms with van der Waals surface area (Å²) in [4.78, 5) is 18.0. The Morgan fingerprint density at radius 1 is 1.21 bits per heavy atom. The Morgan fingerprint density at radius 3 is 2.58 bits per heavy atom. The number of piperidine rings is 1. The van der Waals surface area contributed by atoms with Crippen molar-refractivity contribution in [2.45, 2.75) is 43.6 Å². The predicted octanol–water partition coefficient (Wildman–Crippen LogP) is 3.74. The smallest absolute Gasteiger partial charge is 0.410 e. The molecular weight excluding hydrogens is 449 g/mol. The fourth-order valence-corrected chi connectivity index (χ4v) is 4.58. The van der Waals surface area contributed by atoms with Crippen LogP contribution in [0.1, 0.15) is 38.3 Å². The first-order valence-corrected chi connectivity index (χ1v) is 12.6. The summed E-state index contributed by atoms with van der Waals surface area (Å²) in [6, 6.07) is 7.53. The van der Waals surface area contributed by atoms with E-state index in [1.54, 1.807) is 9.42 Å². The molecule has 0 unspecified atom stereocenters. The molecule has 1 aliphatic heterocycles.